The molecule has 8 heteroatoms. The molecule has 1 unspecified atom stereocenters. The molecule has 1 aromatic carbocycles. The van der Waals surface area contributed by atoms with E-state index in [1.165, 1.54) is 25.1 Å². The fourth-order valence-electron chi connectivity index (χ4n) is 1.55. The number of hydrogen-bond acceptors (Lipinski definition) is 5. The first-order chi connectivity index (χ1) is 9.31. The monoisotopic (exact) mass is 296 g/mol. The molecule has 1 rings (SSSR count). The Labute approximate surface area is 117 Å². The van der Waals surface area contributed by atoms with Gasteiger partial charge in [0.05, 0.1) is 16.5 Å². The van der Waals surface area contributed by atoms with Crippen molar-refractivity contribution in [3.05, 3.63) is 23.8 Å². The predicted octanol–water partition coefficient (Wildman–Crippen LogP) is -0.0566. The molecule has 0 saturated heterocycles. The van der Waals surface area contributed by atoms with Gasteiger partial charge in [0.15, 0.2) is 0 Å². The molecule has 0 heterocycles. The minimum absolute atomic E-state index is 0.0689. The van der Waals surface area contributed by atoms with Crippen molar-refractivity contribution in [2.24, 2.45) is 0 Å². The summed E-state index contributed by atoms with van der Waals surface area (Å²) in [4.78, 5) is 11.3. The van der Waals surface area contributed by atoms with Crippen molar-refractivity contribution in [3.63, 3.8) is 0 Å². The number of likely N-dealkylation sites (N-methyl/N-ethyl adjacent to an activating group) is 1. The molecule has 0 aliphatic carbocycles. The summed E-state index contributed by atoms with van der Waals surface area (Å²) in [6.07, 6.45) is 0. The first-order valence-electron chi connectivity index (χ1n) is 5.91. The van der Waals surface area contributed by atoms with Crippen molar-refractivity contribution in [1.29, 1.82) is 5.26 Å². The average Bonchev–Trinajstić information content (AvgIpc) is 2.37. The Hall–Kier alpha value is -2.11. The fraction of sp³-hybridized carbons (Fsp3) is 0.333. The maximum absolute atomic E-state index is 12.2. The van der Waals surface area contributed by atoms with Crippen LogP contribution in [0.5, 0.6) is 0 Å². The Morgan fingerprint density at radius 1 is 1.50 bits per heavy atom. The van der Waals surface area contributed by atoms with Crippen molar-refractivity contribution < 1.29 is 13.2 Å². The molecule has 4 N–H and O–H groups in total. The van der Waals surface area contributed by atoms with Gasteiger partial charge in [-0.25, -0.2) is 8.42 Å². The van der Waals surface area contributed by atoms with Crippen LogP contribution in [0.3, 0.4) is 0 Å². The van der Waals surface area contributed by atoms with Gasteiger partial charge in [-0.1, -0.05) is 0 Å². The van der Waals surface area contributed by atoms with Gasteiger partial charge in [-0.3, -0.25) is 4.79 Å². The van der Waals surface area contributed by atoms with Crippen LogP contribution in [0.2, 0.25) is 0 Å². The molecular formula is C12H16N4O3S. The molecule has 1 atom stereocenters. The number of hydrogen-bond donors (Lipinski definition) is 3. The lowest BCUT2D eigenvalue weighted by Crippen LogP contribution is -2.44. The van der Waals surface area contributed by atoms with Crippen LogP contribution < -0.4 is 15.8 Å². The van der Waals surface area contributed by atoms with Crippen molar-refractivity contribution in [2.75, 3.05) is 12.3 Å². The number of nitrogens with zero attached hydrogens (tertiary/aromatic N) is 1. The fourth-order valence-corrected chi connectivity index (χ4v) is 2.89. The van der Waals surface area contributed by atoms with Gasteiger partial charge in [-0.05, 0) is 32.0 Å². The highest BCUT2D eigenvalue weighted by molar-refractivity contribution is 7.89. The van der Waals surface area contributed by atoms with E-state index in [0.29, 0.717) is 6.54 Å². The van der Waals surface area contributed by atoms with Crippen LogP contribution in [0.1, 0.15) is 19.4 Å². The lowest BCUT2D eigenvalue weighted by molar-refractivity contribution is -0.122. The van der Waals surface area contributed by atoms with Gasteiger partial charge in [-0.15, -0.1) is 0 Å². The number of nitrogens with one attached hydrogen (secondary N) is 2. The summed E-state index contributed by atoms with van der Waals surface area (Å²) in [6.45, 7) is 3.55. The van der Waals surface area contributed by atoms with Gasteiger partial charge in [0.2, 0.25) is 15.9 Å². The molecule has 0 aliphatic heterocycles. The number of rotatable bonds is 5. The molecule has 20 heavy (non-hydrogen) atoms. The molecule has 1 aromatic rings. The first-order valence-corrected chi connectivity index (χ1v) is 7.39. The van der Waals surface area contributed by atoms with Gasteiger partial charge < -0.3 is 11.1 Å². The number of sulfonamides is 1. The molecule has 0 radical (unpaired) electrons. The molecular weight excluding hydrogens is 280 g/mol. The largest absolute Gasteiger partial charge is 0.399 e. The molecule has 0 spiro atoms. The van der Waals surface area contributed by atoms with Crippen LogP contribution in [-0.4, -0.2) is 26.9 Å². The minimum Gasteiger partial charge on any atom is -0.399 e. The number of anilines is 1. The number of nitrogens with two attached hydrogens (primary N) is 1. The molecule has 108 valence electrons. The number of carbonyl (C=O) groups is 1. The number of amides is 1. The van der Waals surface area contributed by atoms with Crippen molar-refractivity contribution in [1.82, 2.24) is 10.0 Å². The maximum atomic E-state index is 12.2. The topological polar surface area (TPSA) is 125 Å². The molecule has 1 amide bonds. The van der Waals surface area contributed by atoms with Crippen LogP contribution in [0.25, 0.3) is 0 Å². The van der Waals surface area contributed by atoms with E-state index in [9.17, 15) is 13.2 Å². The summed E-state index contributed by atoms with van der Waals surface area (Å²) in [5.74, 6) is -0.440. The standard InChI is InChI=1S/C12H16N4O3S/c1-3-15-12(17)8(2)16-20(18,19)11-5-4-10(14)6-9(11)7-13/h4-6,8,16H,3,14H2,1-2H3,(H,15,17). The summed E-state index contributed by atoms with van der Waals surface area (Å²) < 4.78 is 26.5. The van der Waals surface area contributed by atoms with E-state index in [4.69, 9.17) is 11.0 Å². The average molecular weight is 296 g/mol. The second kappa shape index (κ2) is 6.36. The Balaban J connectivity index is 3.07. The molecule has 0 saturated carbocycles. The molecule has 0 bridgehead atoms. The Morgan fingerprint density at radius 3 is 2.70 bits per heavy atom. The first kappa shape index (κ1) is 15.9. The predicted molar refractivity (Wildman–Crippen MR) is 74.0 cm³/mol. The summed E-state index contributed by atoms with van der Waals surface area (Å²) >= 11 is 0. The Morgan fingerprint density at radius 2 is 2.15 bits per heavy atom. The third kappa shape index (κ3) is 3.69. The summed E-state index contributed by atoms with van der Waals surface area (Å²) in [5, 5.41) is 11.5. The quantitative estimate of drug-likeness (QED) is 0.657. The minimum atomic E-state index is -3.97. The van der Waals surface area contributed by atoms with E-state index in [1.54, 1.807) is 13.0 Å². The van der Waals surface area contributed by atoms with Crippen molar-refractivity contribution in [2.45, 2.75) is 24.8 Å². The zero-order chi connectivity index (χ0) is 15.3. The summed E-state index contributed by atoms with van der Waals surface area (Å²) in [5.41, 5.74) is 5.73. The molecule has 0 aliphatic rings. The van der Waals surface area contributed by atoms with Crippen LogP contribution in [-0.2, 0) is 14.8 Å². The highest BCUT2D eigenvalue weighted by Crippen LogP contribution is 2.18. The molecule has 0 aromatic heterocycles. The van der Waals surface area contributed by atoms with Crippen LogP contribution in [0.15, 0.2) is 23.1 Å². The van der Waals surface area contributed by atoms with Crippen molar-refractivity contribution in [3.8, 4) is 6.07 Å². The van der Waals surface area contributed by atoms with E-state index in [0.717, 1.165) is 0 Å². The molecule has 0 fully saturated rings. The lowest BCUT2D eigenvalue weighted by atomic mass is 10.2. The lowest BCUT2D eigenvalue weighted by Gasteiger charge is -2.14. The normalized spacial score (nSPS) is 12.4. The van der Waals surface area contributed by atoms with E-state index >= 15 is 0 Å². The van der Waals surface area contributed by atoms with E-state index < -0.39 is 22.0 Å². The van der Waals surface area contributed by atoms with Gasteiger partial charge in [0, 0.05) is 12.2 Å². The smallest absolute Gasteiger partial charge is 0.242 e. The van der Waals surface area contributed by atoms with Crippen LogP contribution in [0.4, 0.5) is 5.69 Å². The Kier molecular flexibility index (Phi) is 5.07. The van der Waals surface area contributed by atoms with E-state index in [-0.39, 0.29) is 16.1 Å². The van der Waals surface area contributed by atoms with Gasteiger partial charge in [-0.2, -0.15) is 9.98 Å². The van der Waals surface area contributed by atoms with Crippen LogP contribution in [0, 0.1) is 11.3 Å². The second-order valence-corrected chi connectivity index (χ2v) is 5.79. The number of nitrogen functional groups attached to an aromatic ring is 1. The zero-order valence-corrected chi connectivity index (χ0v) is 12.0. The number of benzene rings is 1. The van der Waals surface area contributed by atoms with E-state index in [2.05, 4.69) is 10.0 Å². The number of carbonyl (C=O) groups excluding carboxylic acids is 1. The number of nitriles is 1. The summed E-state index contributed by atoms with van der Waals surface area (Å²) in [6, 6.07) is 4.72. The Bertz CT molecular complexity index is 649. The van der Waals surface area contributed by atoms with Gasteiger partial charge >= 0.3 is 0 Å². The third-order valence-corrected chi connectivity index (χ3v) is 4.09. The SMILES string of the molecule is CCNC(=O)C(C)NS(=O)(=O)c1ccc(N)cc1C#N. The van der Waals surface area contributed by atoms with Gasteiger partial charge in [0.25, 0.3) is 0 Å². The van der Waals surface area contributed by atoms with E-state index in [1.807, 2.05) is 0 Å². The maximum Gasteiger partial charge on any atom is 0.242 e. The van der Waals surface area contributed by atoms with Gasteiger partial charge in [0.1, 0.15) is 6.07 Å². The van der Waals surface area contributed by atoms with Crippen LogP contribution >= 0.6 is 0 Å². The summed E-state index contributed by atoms with van der Waals surface area (Å²) in [7, 11) is -3.97. The molecule has 7 nitrogen and oxygen atoms in total. The third-order valence-electron chi connectivity index (χ3n) is 2.49. The zero-order valence-electron chi connectivity index (χ0n) is 11.2. The van der Waals surface area contributed by atoms with Crippen molar-refractivity contribution >= 4 is 21.6 Å². The highest BCUT2D eigenvalue weighted by atomic mass is 32.2. The highest BCUT2D eigenvalue weighted by Gasteiger charge is 2.24. The second-order valence-electron chi connectivity index (χ2n) is 4.10.